The average molecular weight is 274 g/mol. The molecule has 3 heteroatoms. The minimum atomic E-state index is 0.124. The molecule has 0 aromatic heterocycles. The maximum Gasteiger partial charge on any atom is 0.141 e. The molecule has 0 fully saturated rings. The van der Waals surface area contributed by atoms with E-state index in [9.17, 15) is 5.11 Å². The van der Waals surface area contributed by atoms with E-state index in [4.69, 9.17) is 11.6 Å². The molecule has 0 aliphatic carbocycles. The maximum atomic E-state index is 9.66. The molecule has 2 aromatic rings. The zero-order chi connectivity index (χ0) is 13.8. The highest BCUT2D eigenvalue weighted by molar-refractivity contribution is 6.30. The molecule has 2 nitrogen and oxygen atoms in total. The third kappa shape index (κ3) is 3.58. The van der Waals surface area contributed by atoms with E-state index in [1.54, 1.807) is 18.3 Å². The van der Waals surface area contributed by atoms with Crippen molar-refractivity contribution in [2.24, 2.45) is 4.99 Å². The van der Waals surface area contributed by atoms with Crippen molar-refractivity contribution in [2.45, 2.75) is 19.8 Å². The van der Waals surface area contributed by atoms with Crippen molar-refractivity contribution >= 4 is 23.5 Å². The minimum absolute atomic E-state index is 0.124. The topological polar surface area (TPSA) is 32.6 Å². The fourth-order valence-electron chi connectivity index (χ4n) is 1.71. The molecule has 0 spiro atoms. The van der Waals surface area contributed by atoms with Gasteiger partial charge in [0, 0.05) is 11.2 Å². The van der Waals surface area contributed by atoms with Crippen LogP contribution in [0.25, 0.3) is 0 Å². The molecule has 98 valence electrons. The number of hydrogen-bond donors (Lipinski definition) is 1. The van der Waals surface area contributed by atoms with Crippen LogP contribution in [0.5, 0.6) is 5.75 Å². The highest BCUT2D eigenvalue weighted by Gasteiger charge is 2.00. The van der Waals surface area contributed by atoms with Gasteiger partial charge in [0.1, 0.15) is 11.4 Å². The Morgan fingerprint density at radius 1 is 1.11 bits per heavy atom. The lowest BCUT2D eigenvalue weighted by molar-refractivity contribution is 0.477. The van der Waals surface area contributed by atoms with E-state index in [1.165, 1.54) is 11.6 Å². The van der Waals surface area contributed by atoms with E-state index < -0.39 is 0 Å². The normalized spacial score (nSPS) is 11.4. The van der Waals surface area contributed by atoms with Crippen LogP contribution >= 0.6 is 11.6 Å². The largest absolute Gasteiger partial charge is 0.506 e. The summed E-state index contributed by atoms with van der Waals surface area (Å²) in [4.78, 5) is 4.25. The van der Waals surface area contributed by atoms with Gasteiger partial charge in [-0.05, 0) is 35.2 Å². The van der Waals surface area contributed by atoms with E-state index in [2.05, 4.69) is 31.0 Å². The lowest BCUT2D eigenvalue weighted by Crippen LogP contribution is -1.88. The lowest BCUT2D eigenvalue weighted by Gasteiger charge is -2.04. The molecule has 0 saturated heterocycles. The third-order valence-electron chi connectivity index (χ3n) is 2.89. The number of rotatable bonds is 3. The monoisotopic (exact) mass is 273 g/mol. The Morgan fingerprint density at radius 3 is 2.42 bits per heavy atom. The molecule has 0 unspecified atom stereocenters. The first-order valence-electron chi connectivity index (χ1n) is 6.19. The number of phenols is 1. The van der Waals surface area contributed by atoms with Crippen LogP contribution < -0.4 is 0 Å². The van der Waals surface area contributed by atoms with Gasteiger partial charge in [0.05, 0.1) is 0 Å². The fraction of sp³-hybridized carbons (Fsp3) is 0.188. The first-order chi connectivity index (χ1) is 9.06. The van der Waals surface area contributed by atoms with Crippen LogP contribution in [0.2, 0.25) is 5.02 Å². The first kappa shape index (κ1) is 13.6. The summed E-state index contributed by atoms with van der Waals surface area (Å²) in [6.07, 6.45) is 1.72. The summed E-state index contributed by atoms with van der Waals surface area (Å²) in [6.45, 7) is 4.32. The Kier molecular flexibility index (Phi) is 4.23. The van der Waals surface area contributed by atoms with Crippen molar-refractivity contribution in [1.29, 1.82) is 0 Å². The van der Waals surface area contributed by atoms with E-state index in [1.807, 2.05) is 12.1 Å². The molecule has 2 rings (SSSR count). The number of aromatic hydroxyl groups is 1. The van der Waals surface area contributed by atoms with E-state index in [-0.39, 0.29) is 5.75 Å². The second kappa shape index (κ2) is 5.89. The van der Waals surface area contributed by atoms with Crippen LogP contribution in [-0.4, -0.2) is 11.3 Å². The van der Waals surface area contributed by atoms with Gasteiger partial charge in [-0.1, -0.05) is 49.7 Å². The summed E-state index contributed by atoms with van der Waals surface area (Å²) in [5.41, 5.74) is 2.76. The summed E-state index contributed by atoms with van der Waals surface area (Å²) >= 11 is 5.87. The minimum Gasteiger partial charge on any atom is -0.506 e. The first-order valence-corrected chi connectivity index (χ1v) is 6.56. The van der Waals surface area contributed by atoms with Crippen molar-refractivity contribution in [3.63, 3.8) is 0 Å². The average Bonchev–Trinajstić information content (AvgIpc) is 2.40. The quantitative estimate of drug-likeness (QED) is 0.791. The molecule has 19 heavy (non-hydrogen) atoms. The Balaban J connectivity index is 2.20. The molecule has 0 aliphatic rings. The van der Waals surface area contributed by atoms with E-state index >= 15 is 0 Å². The standard InChI is InChI=1S/C16H16ClNO/c1-11(2)13-5-3-12(4-6-13)10-18-15-9-14(17)7-8-16(15)19/h3-11,19H,1-2H3/b18-10+. The smallest absolute Gasteiger partial charge is 0.141 e. The highest BCUT2D eigenvalue weighted by Crippen LogP contribution is 2.29. The van der Waals surface area contributed by atoms with Crippen LogP contribution in [0.3, 0.4) is 0 Å². The molecule has 0 heterocycles. The van der Waals surface area contributed by atoms with E-state index in [0.717, 1.165) is 5.56 Å². The van der Waals surface area contributed by atoms with Gasteiger partial charge < -0.3 is 5.11 Å². The van der Waals surface area contributed by atoms with Gasteiger partial charge in [0.25, 0.3) is 0 Å². The lowest BCUT2D eigenvalue weighted by atomic mass is 10.0. The molecule has 2 aromatic carbocycles. The zero-order valence-electron chi connectivity index (χ0n) is 11.0. The summed E-state index contributed by atoms with van der Waals surface area (Å²) in [5, 5.41) is 10.2. The molecular weight excluding hydrogens is 258 g/mol. The highest BCUT2D eigenvalue weighted by atomic mass is 35.5. The Bertz CT molecular complexity index is 588. The van der Waals surface area contributed by atoms with Gasteiger partial charge in [0.15, 0.2) is 0 Å². The van der Waals surface area contributed by atoms with Gasteiger partial charge in [-0.3, -0.25) is 4.99 Å². The van der Waals surface area contributed by atoms with Gasteiger partial charge in [-0.25, -0.2) is 0 Å². The van der Waals surface area contributed by atoms with Crippen molar-refractivity contribution in [1.82, 2.24) is 0 Å². The van der Waals surface area contributed by atoms with Crippen LogP contribution in [-0.2, 0) is 0 Å². The predicted octanol–water partition coefficient (Wildman–Crippen LogP) is 4.92. The second-order valence-electron chi connectivity index (χ2n) is 4.71. The van der Waals surface area contributed by atoms with Gasteiger partial charge in [-0.2, -0.15) is 0 Å². The Morgan fingerprint density at radius 2 is 1.79 bits per heavy atom. The molecule has 0 radical (unpaired) electrons. The Labute approximate surface area is 118 Å². The summed E-state index contributed by atoms with van der Waals surface area (Å²) in [7, 11) is 0. The van der Waals surface area contributed by atoms with Crippen molar-refractivity contribution in [3.05, 3.63) is 58.6 Å². The van der Waals surface area contributed by atoms with E-state index in [0.29, 0.717) is 16.6 Å². The van der Waals surface area contributed by atoms with Gasteiger partial charge in [0.2, 0.25) is 0 Å². The number of hydrogen-bond acceptors (Lipinski definition) is 2. The molecule has 0 saturated carbocycles. The number of phenolic OH excluding ortho intramolecular Hbond substituents is 1. The van der Waals surface area contributed by atoms with Crippen molar-refractivity contribution < 1.29 is 5.11 Å². The molecule has 0 aliphatic heterocycles. The van der Waals surface area contributed by atoms with Crippen LogP contribution in [0.1, 0.15) is 30.9 Å². The summed E-state index contributed by atoms with van der Waals surface area (Å²) in [5.74, 6) is 0.641. The number of halogens is 1. The van der Waals surface area contributed by atoms with Crippen LogP contribution in [0.15, 0.2) is 47.5 Å². The van der Waals surface area contributed by atoms with Crippen molar-refractivity contribution in [2.75, 3.05) is 0 Å². The number of aliphatic imine (C=N–C) groups is 1. The molecule has 1 N–H and O–H groups in total. The SMILES string of the molecule is CC(C)c1ccc(/C=N/c2cc(Cl)ccc2O)cc1. The number of benzene rings is 2. The van der Waals surface area contributed by atoms with Gasteiger partial charge >= 0.3 is 0 Å². The molecular formula is C16H16ClNO. The van der Waals surface area contributed by atoms with Gasteiger partial charge in [-0.15, -0.1) is 0 Å². The number of nitrogens with zero attached hydrogens (tertiary/aromatic N) is 1. The summed E-state index contributed by atoms with van der Waals surface area (Å²) < 4.78 is 0. The maximum absolute atomic E-state index is 9.66. The summed E-state index contributed by atoms with van der Waals surface area (Å²) in [6, 6.07) is 13.0. The predicted molar refractivity (Wildman–Crippen MR) is 80.9 cm³/mol. The molecule has 0 atom stereocenters. The fourth-order valence-corrected chi connectivity index (χ4v) is 1.88. The van der Waals surface area contributed by atoms with Crippen LogP contribution in [0, 0.1) is 0 Å². The van der Waals surface area contributed by atoms with Crippen LogP contribution in [0.4, 0.5) is 5.69 Å². The van der Waals surface area contributed by atoms with Crippen molar-refractivity contribution in [3.8, 4) is 5.75 Å². The Hall–Kier alpha value is -1.80. The molecule has 0 amide bonds. The third-order valence-corrected chi connectivity index (χ3v) is 3.13. The molecule has 0 bridgehead atoms. The second-order valence-corrected chi connectivity index (χ2v) is 5.15. The zero-order valence-corrected chi connectivity index (χ0v) is 11.7.